The molecule has 8 heteroatoms. The highest BCUT2D eigenvalue weighted by Gasteiger charge is 2.30. The summed E-state index contributed by atoms with van der Waals surface area (Å²) in [5.41, 5.74) is 41.0. The lowest BCUT2D eigenvalue weighted by Crippen LogP contribution is -1.96. The van der Waals surface area contributed by atoms with E-state index in [0.29, 0.717) is 0 Å². The van der Waals surface area contributed by atoms with Gasteiger partial charge < -0.3 is 19.9 Å². The van der Waals surface area contributed by atoms with Gasteiger partial charge in [0.1, 0.15) is 0 Å². The molecule has 82 heavy (non-hydrogen) atoms. The summed E-state index contributed by atoms with van der Waals surface area (Å²) in [6.07, 6.45) is 19.1. The first-order valence-corrected chi connectivity index (χ1v) is 32.1. The molecule has 6 aromatic rings. The minimum Gasteiger partial charge on any atom is -0.355 e. The standard InChI is InChI=1S/C74H92N8/c1-17-41-45(21-5)63-37-67-49(25-9)53(29-13)71(79-67)57(72-54(30-14)50(26-10)68(80-72)38-64-46(22-6)42(18-2)60(76-64)35-59(41)75-63)33-34-58-73-55(31-15)51(27-11)69(81-73)39-65-47(23-7)43(19-3)61(77-65)36-62-44(20-4)48(24-8)66(78-62)40-70-52(28-12)56(32-16)74(58)82-70/h33-40,75-78H,17-32H2,1-16H3/b34-33+,59-35?,60-35?,61-36?,62-36?,63-37?,64-38?,65-39?,66-40?,67-37?,68-38?,69-39?,70-40?,71-57?,72-57?,73-58?,74-58?. The molecule has 4 aliphatic heterocycles. The summed E-state index contributed by atoms with van der Waals surface area (Å²) in [5, 5.41) is 0. The van der Waals surface area contributed by atoms with Crippen molar-refractivity contribution in [1.82, 2.24) is 39.9 Å². The van der Waals surface area contributed by atoms with Gasteiger partial charge >= 0.3 is 0 Å². The lowest BCUT2D eigenvalue weighted by atomic mass is 9.91. The van der Waals surface area contributed by atoms with Gasteiger partial charge in [-0.2, -0.15) is 0 Å². The zero-order valence-electron chi connectivity index (χ0n) is 52.7. The third kappa shape index (κ3) is 9.63. The van der Waals surface area contributed by atoms with Crippen LogP contribution in [0.2, 0.25) is 0 Å². The molecule has 0 unspecified atom stereocenters. The summed E-state index contributed by atoms with van der Waals surface area (Å²) in [6, 6.07) is 14.2. The van der Waals surface area contributed by atoms with Crippen LogP contribution >= 0.6 is 0 Å². The van der Waals surface area contributed by atoms with Crippen molar-refractivity contribution in [3.8, 4) is 0 Å². The Morgan fingerprint density at radius 2 is 0.402 bits per heavy atom. The van der Waals surface area contributed by atoms with E-state index in [1.807, 2.05) is 0 Å². The van der Waals surface area contributed by atoms with E-state index in [2.05, 4.69) is 179 Å². The Morgan fingerprint density at radius 3 is 0.561 bits per heavy atom. The van der Waals surface area contributed by atoms with Crippen molar-refractivity contribution in [2.24, 2.45) is 0 Å². The molecular formula is C74H92N8. The summed E-state index contributed by atoms with van der Waals surface area (Å²) < 4.78 is 0. The van der Waals surface area contributed by atoms with E-state index in [4.69, 9.17) is 19.9 Å². The van der Waals surface area contributed by atoms with Crippen LogP contribution in [0.25, 0.3) is 101 Å². The molecule has 428 valence electrons. The topological polar surface area (TPSA) is 115 Å². The van der Waals surface area contributed by atoms with Gasteiger partial charge in [0, 0.05) is 55.3 Å². The number of hydrogen-bond donors (Lipinski definition) is 4. The SMILES string of the molecule is CCC1=C(CC)c2nc1cc1[nH]c(cc3[nH]c(cc4nc(c2/C=C/c2c5nc(cc6[nH]c(cc7[nH]c(cc8nc2C(CC)=C8CC)c(CC)c7CC)c(CC)c6CC)C(CC)=C5CC)C(CC)=C4CC)c(CC)c3CC)c(CC)c1CC. The maximum absolute atomic E-state index is 5.88. The number of allylic oxidation sites excluding steroid dienone is 8. The van der Waals surface area contributed by atoms with Crippen LogP contribution in [0.3, 0.4) is 0 Å². The molecule has 4 N–H and O–H groups in total. The Bertz CT molecular complexity index is 3540. The second kappa shape index (κ2) is 24.4. The number of aromatic nitrogens is 8. The smallest absolute Gasteiger partial charge is 0.0766 e. The second-order valence-electron chi connectivity index (χ2n) is 22.5. The van der Waals surface area contributed by atoms with Crippen molar-refractivity contribution >= 4 is 101 Å². The molecule has 16 bridgehead atoms. The lowest BCUT2D eigenvalue weighted by molar-refractivity contribution is 1.07. The normalized spacial score (nSPS) is 13.9. The van der Waals surface area contributed by atoms with E-state index >= 15 is 0 Å². The molecule has 10 heterocycles. The number of H-pyrrole nitrogens is 4. The number of nitrogens with zero attached hydrogens (tertiary/aromatic N) is 4. The molecule has 0 aliphatic carbocycles. The van der Waals surface area contributed by atoms with Gasteiger partial charge in [-0.15, -0.1) is 0 Å². The fourth-order valence-corrected chi connectivity index (χ4v) is 14.9. The minimum atomic E-state index is 0.842. The zero-order chi connectivity index (χ0) is 58.3. The van der Waals surface area contributed by atoms with Crippen molar-refractivity contribution in [1.29, 1.82) is 0 Å². The van der Waals surface area contributed by atoms with Gasteiger partial charge in [0.25, 0.3) is 0 Å². The molecular weight excluding hydrogens is 1000 g/mol. The summed E-state index contributed by atoms with van der Waals surface area (Å²) >= 11 is 0. The summed E-state index contributed by atoms with van der Waals surface area (Å²) in [7, 11) is 0. The number of fused-ring (bicyclic) bond motifs is 16. The summed E-state index contributed by atoms with van der Waals surface area (Å²) in [6.45, 7) is 36.8. The first kappa shape index (κ1) is 58.1. The molecule has 0 aromatic carbocycles. The zero-order valence-corrected chi connectivity index (χ0v) is 52.7. The van der Waals surface area contributed by atoms with Crippen LogP contribution in [0.5, 0.6) is 0 Å². The molecule has 8 nitrogen and oxygen atoms in total. The molecule has 0 saturated heterocycles. The van der Waals surface area contributed by atoms with E-state index < -0.39 is 0 Å². The molecule has 6 aromatic heterocycles. The monoisotopic (exact) mass is 1090 g/mol. The molecule has 0 fully saturated rings. The van der Waals surface area contributed by atoms with Gasteiger partial charge in [-0.1, -0.05) is 111 Å². The Labute approximate surface area is 489 Å². The van der Waals surface area contributed by atoms with E-state index in [0.717, 1.165) is 181 Å². The fourth-order valence-electron chi connectivity index (χ4n) is 14.9. The Morgan fingerprint density at radius 1 is 0.232 bits per heavy atom. The number of rotatable bonds is 18. The first-order valence-electron chi connectivity index (χ1n) is 32.1. The van der Waals surface area contributed by atoms with Gasteiger partial charge in [0.15, 0.2) is 0 Å². The highest BCUT2D eigenvalue weighted by Crippen LogP contribution is 2.46. The highest BCUT2D eigenvalue weighted by molar-refractivity contribution is 6.04. The molecule has 0 amide bonds. The number of hydrogen-bond acceptors (Lipinski definition) is 4. The van der Waals surface area contributed by atoms with Crippen LogP contribution in [0.1, 0.15) is 263 Å². The molecule has 0 atom stereocenters. The molecule has 0 radical (unpaired) electrons. The Hall–Kier alpha value is -7.06. The third-order valence-corrected chi connectivity index (χ3v) is 18.7. The van der Waals surface area contributed by atoms with E-state index in [9.17, 15) is 0 Å². The van der Waals surface area contributed by atoms with Crippen molar-refractivity contribution in [2.75, 3.05) is 0 Å². The van der Waals surface area contributed by atoms with E-state index in [1.54, 1.807) is 0 Å². The highest BCUT2D eigenvalue weighted by atomic mass is 14.8. The third-order valence-electron chi connectivity index (χ3n) is 18.7. The van der Waals surface area contributed by atoms with E-state index in [-0.39, 0.29) is 0 Å². The fraction of sp³-hybridized carbons (Fsp3) is 0.432. The lowest BCUT2D eigenvalue weighted by Gasteiger charge is -2.11. The number of aromatic amines is 4. The van der Waals surface area contributed by atoms with Gasteiger partial charge in [-0.3, -0.25) is 0 Å². The predicted octanol–water partition coefficient (Wildman–Crippen LogP) is 20.5. The van der Waals surface area contributed by atoms with Gasteiger partial charge in [0.05, 0.1) is 45.6 Å². The Kier molecular flexibility index (Phi) is 17.3. The van der Waals surface area contributed by atoms with Crippen molar-refractivity contribution < 1.29 is 0 Å². The van der Waals surface area contributed by atoms with Gasteiger partial charge in [0.2, 0.25) is 0 Å². The number of nitrogens with one attached hydrogen (secondary N) is 4. The van der Waals surface area contributed by atoms with Crippen LogP contribution in [-0.2, 0) is 51.4 Å². The minimum absolute atomic E-state index is 0.842. The van der Waals surface area contributed by atoms with E-state index in [1.165, 1.54) is 111 Å². The van der Waals surface area contributed by atoms with Crippen LogP contribution in [0.4, 0.5) is 0 Å². The van der Waals surface area contributed by atoms with Crippen molar-refractivity contribution in [3.63, 3.8) is 0 Å². The number of aryl methyl sites for hydroxylation is 8. The van der Waals surface area contributed by atoms with Crippen molar-refractivity contribution in [2.45, 2.75) is 214 Å². The van der Waals surface area contributed by atoms with Crippen LogP contribution in [0.15, 0.2) is 36.4 Å². The quantitative estimate of drug-likeness (QED) is 0.0686. The van der Waals surface area contributed by atoms with Crippen LogP contribution in [-0.4, -0.2) is 39.9 Å². The van der Waals surface area contributed by atoms with Crippen molar-refractivity contribution in [3.05, 3.63) is 138 Å². The summed E-state index contributed by atoms with van der Waals surface area (Å²) in [5.74, 6) is 0. The molecule has 4 aliphatic rings. The van der Waals surface area contributed by atoms with Gasteiger partial charge in [-0.05, 0) is 240 Å². The largest absolute Gasteiger partial charge is 0.355 e. The second-order valence-corrected chi connectivity index (χ2v) is 22.5. The van der Waals surface area contributed by atoms with Crippen LogP contribution < -0.4 is 0 Å². The van der Waals surface area contributed by atoms with Gasteiger partial charge in [-0.25, -0.2) is 19.9 Å². The average molecular weight is 1090 g/mol. The first-order chi connectivity index (χ1) is 39.9. The Balaban J connectivity index is 1.43. The predicted molar refractivity (Wildman–Crippen MR) is 356 cm³/mol. The maximum Gasteiger partial charge on any atom is 0.0766 e. The van der Waals surface area contributed by atoms with Crippen LogP contribution in [0, 0.1) is 0 Å². The molecule has 10 rings (SSSR count). The molecule has 0 saturated carbocycles. The summed E-state index contributed by atoms with van der Waals surface area (Å²) in [4.78, 5) is 39.5. The average Bonchev–Trinajstić information content (AvgIpc) is 4.25. The maximum atomic E-state index is 5.88. The molecule has 0 spiro atoms.